The lowest BCUT2D eigenvalue weighted by Crippen LogP contribution is -2.44. The first-order chi connectivity index (χ1) is 19.1. The van der Waals surface area contributed by atoms with E-state index in [2.05, 4.69) is 22.1 Å². The minimum Gasteiger partial charge on any atom is -0.376 e. The second kappa shape index (κ2) is 11.4. The number of aromatic nitrogens is 2. The molecule has 39 heavy (non-hydrogen) atoms. The number of hydrogen-bond donors (Lipinski definition) is 1. The van der Waals surface area contributed by atoms with E-state index >= 15 is 0 Å². The number of nitrogens with zero attached hydrogens (tertiary/aromatic N) is 3. The Kier molecular flexibility index (Phi) is 7.54. The molecule has 1 saturated heterocycles. The highest BCUT2D eigenvalue weighted by Gasteiger charge is 2.38. The van der Waals surface area contributed by atoms with Crippen molar-refractivity contribution in [1.82, 2.24) is 15.1 Å². The van der Waals surface area contributed by atoms with Gasteiger partial charge in [-0.2, -0.15) is 16.4 Å². The van der Waals surface area contributed by atoms with Crippen LogP contribution in [0, 0.1) is 6.92 Å². The van der Waals surface area contributed by atoms with E-state index in [1.807, 2.05) is 66.2 Å². The number of benzene rings is 2. The van der Waals surface area contributed by atoms with Crippen molar-refractivity contribution in [2.24, 2.45) is 0 Å². The average Bonchev–Trinajstić information content (AvgIpc) is 3.73. The van der Waals surface area contributed by atoms with Crippen LogP contribution in [0.4, 0.5) is 5.82 Å². The first kappa shape index (κ1) is 25.9. The molecule has 0 bridgehead atoms. The molecule has 2 amide bonds. The lowest BCUT2D eigenvalue weighted by Gasteiger charge is -2.24. The van der Waals surface area contributed by atoms with E-state index in [-0.39, 0.29) is 35.5 Å². The van der Waals surface area contributed by atoms with Crippen LogP contribution in [0.15, 0.2) is 71.4 Å². The lowest BCUT2D eigenvalue weighted by molar-refractivity contribution is -0.123. The predicted molar refractivity (Wildman–Crippen MR) is 157 cm³/mol. The summed E-state index contributed by atoms with van der Waals surface area (Å²) in [5, 5.41) is 12.2. The SMILES string of the molecule is Cc1ccccc1-n1nc(-c2ccccc2)c2c1N(CC(=O)NC[C@@H]1CCCO1)C(=O)CS[C@H]2c1ccsc1. The number of nitrogens with one attached hydrogen (secondary N) is 1. The summed E-state index contributed by atoms with van der Waals surface area (Å²) in [6.45, 7) is 3.13. The molecule has 0 unspecified atom stereocenters. The van der Waals surface area contributed by atoms with E-state index < -0.39 is 0 Å². The van der Waals surface area contributed by atoms with Crippen molar-refractivity contribution in [3.63, 3.8) is 0 Å². The smallest absolute Gasteiger partial charge is 0.240 e. The third kappa shape index (κ3) is 5.26. The number of rotatable bonds is 7. The van der Waals surface area contributed by atoms with Crippen molar-refractivity contribution in [1.29, 1.82) is 0 Å². The summed E-state index contributed by atoms with van der Waals surface area (Å²) in [5.41, 5.74) is 5.78. The van der Waals surface area contributed by atoms with Crippen LogP contribution in [0.2, 0.25) is 0 Å². The normalized spacial score (nSPS) is 19.1. The van der Waals surface area contributed by atoms with E-state index in [0.29, 0.717) is 12.4 Å². The summed E-state index contributed by atoms with van der Waals surface area (Å²) in [6, 6.07) is 20.2. The van der Waals surface area contributed by atoms with Gasteiger partial charge in [0.2, 0.25) is 11.8 Å². The van der Waals surface area contributed by atoms with Crippen LogP contribution < -0.4 is 10.2 Å². The maximum Gasteiger partial charge on any atom is 0.240 e. The maximum absolute atomic E-state index is 13.8. The molecule has 1 fully saturated rings. The Morgan fingerprint density at radius 1 is 1.13 bits per heavy atom. The van der Waals surface area contributed by atoms with Gasteiger partial charge in [-0.15, -0.1) is 11.8 Å². The zero-order chi connectivity index (χ0) is 26.8. The van der Waals surface area contributed by atoms with Crippen LogP contribution in [0.5, 0.6) is 0 Å². The predicted octanol–water partition coefficient (Wildman–Crippen LogP) is 5.37. The van der Waals surface area contributed by atoms with Gasteiger partial charge < -0.3 is 10.1 Å². The minimum atomic E-state index is -0.206. The summed E-state index contributed by atoms with van der Waals surface area (Å²) in [7, 11) is 0. The number of hydrogen-bond acceptors (Lipinski definition) is 6. The molecule has 2 aromatic heterocycles. The van der Waals surface area contributed by atoms with Gasteiger partial charge in [0.05, 0.1) is 28.5 Å². The summed E-state index contributed by atoms with van der Waals surface area (Å²) in [5.74, 6) is 0.598. The minimum absolute atomic E-state index is 0.0325. The largest absolute Gasteiger partial charge is 0.376 e. The molecule has 9 heteroatoms. The Morgan fingerprint density at radius 3 is 2.69 bits per heavy atom. The van der Waals surface area contributed by atoms with E-state index in [1.165, 1.54) is 0 Å². The van der Waals surface area contributed by atoms with Crippen LogP contribution in [0.1, 0.15) is 34.8 Å². The Bertz CT molecular complexity index is 1460. The van der Waals surface area contributed by atoms with Crippen LogP contribution in [-0.2, 0) is 14.3 Å². The Balaban J connectivity index is 1.51. The van der Waals surface area contributed by atoms with E-state index in [9.17, 15) is 9.59 Å². The van der Waals surface area contributed by atoms with Gasteiger partial charge in [-0.1, -0.05) is 48.5 Å². The molecule has 0 radical (unpaired) electrons. The summed E-state index contributed by atoms with van der Waals surface area (Å²) >= 11 is 3.23. The molecule has 6 rings (SSSR count). The molecular weight excluding hydrogens is 528 g/mol. The molecule has 0 spiro atoms. The Morgan fingerprint density at radius 2 is 1.95 bits per heavy atom. The molecule has 2 atom stereocenters. The molecule has 7 nitrogen and oxygen atoms in total. The fraction of sp³-hybridized carbons (Fsp3) is 0.300. The highest BCUT2D eigenvalue weighted by atomic mass is 32.2. The molecule has 4 heterocycles. The van der Waals surface area contributed by atoms with Crippen molar-refractivity contribution in [2.45, 2.75) is 31.1 Å². The van der Waals surface area contributed by atoms with Gasteiger partial charge in [0.1, 0.15) is 12.4 Å². The van der Waals surface area contributed by atoms with Gasteiger partial charge in [0.15, 0.2) is 0 Å². The van der Waals surface area contributed by atoms with Gasteiger partial charge in [0.25, 0.3) is 0 Å². The number of amides is 2. The van der Waals surface area contributed by atoms with Crippen molar-refractivity contribution in [3.05, 3.63) is 88.1 Å². The number of carbonyl (C=O) groups excluding carboxylic acids is 2. The zero-order valence-electron chi connectivity index (χ0n) is 21.7. The quantitative estimate of drug-likeness (QED) is 0.330. The zero-order valence-corrected chi connectivity index (χ0v) is 23.3. The molecule has 4 aromatic rings. The summed E-state index contributed by atoms with van der Waals surface area (Å²) in [6.07, 6.45) is 1.98. The highest BCUT2D eigenvalue weighted by molar-refractivity contribution is 8.00. The van der Waals surface area contributed by atoms with Gasteiger partial charge in [-0.3, -0.25) is 14.5 Å². The first-order valence-electron chi connectivity index (χ1n) is 13.2. The van der Waals surface area contributed by atoms with Crippen molar-refractivity contribution >= 4 is 40.7 Å². The van der Waals surface area contributed by atoms with Gasteiger partial charge in [-0.25, -0.2) is 4.68 Å². The number of anilines is 1. The van der Waals surface area contributed by atoms with Gasteiger partial charge in [0, 0.05) is 24.3 Å². The van der Waals surface area contributed by atoms with E-state index in [1.54, 1.807) is 28.0 Å². The number of ether oxygens (including phenoxy) is 1. The van der Waals surface area contributed by atoms with Crippen molar-refractivity contribution in [3.8, 4) is 16.9 Å². The molecule has 1 N–H and O–H groups in total. The second-order valence-corrected chi connectivity index (χ2v) is 11.7. The fourth-order valence-electron chi connectivity index (χ4n) is 5.22. The molecule has 2 aromatic carbocycles. The summed E-state index contributed by atoms with van der Waals surface area (Å²) < 4.78 is 7.54. The van der Waals surface area contributed by atoms with Crippen LogP contribution in [0.3, 0.4) is 0 Å². The number of fused-ring (bicyclic) bond motifs is 1. The molecule has 0 aliphatic carbocycles. The standard InChI is InChI=1S/C30H30N4O3S2/c1-20-8-5-6-12-24(20)34-30-27(28(32-34)21-9-3-2-4-10-21)29(22-13-15-38-18-22)39-19-26(36)33(30)17-25(35)31-16-23-11-7-14-37-23/h2-6,8-10,12-13,15,18,23,29H,7,11,14,16-17,19H2,1H3,(H,31,35)/t23-,29-/m0/s1. The molecular formula is C30H30N4O3S2. The Hall–Kier alpha value is -3.40. The first-order valence-corrected chi connectivity index (χ1v) is 15.2. The van der Waals surface area contributed by atoms with Gasteiger partial charge in [-0.05, 0) is 53.8 Å². The monoisotopic (exact) mass is 558 g/mol. The van der Waals surface area contributed by atoms with E-state index in [4.69, 9.17) is 9.84 Å². The van der Waals surface area contributed by atoms with Crippen molar-refractivity contribution in [2.75, 3.05) is 30.3 Å². The second-order valence-electron chi connectivity index (χ2n) is 9.82. The fourth-order valence-corrected chi connectivity index (χ4v) is 7.18. The maximum atomic E-state index is 13.8. The molecule has 0 saturated carbocycles. The third-order valence-electron chi connectivity index (χ3n) is 7.18. The molecule has 200 valence electrons. The number of para-hydroxylation sites is 1. The number of thioether (sulfide) groups is 1. The Labute approximate surface area is 236 Å². The number of aryl methyl sites for hydroxylation is 1. The number of carbonyl (C=O) groups is 2. The van der Waals surface area contributed by atoms with Crippen LogP contribution in [-0.4, -0.2) is 53.1 Å². The van der Waals surface area contributed by atoms with Crippen molar-refractivity contribution < 1.29 is 14.3 Å². The molecule has 2 aliphatic heterocycles. The lowest BCUT2D eigenvalue weighted by atomic mass is 10.0. The average molecular weight is 559 g/mol. The summed E-state index contributed by atoms with van der Waals surface area (Å²) in [4.78, 5) is 28.6. The van der Waals surface area contributed by atoms with E-state index in [0.717, 1.165) is 53.1 Å². The third-order valence-corrected chi connectivity index (χ3v) is 9.13. The molecule has 2 aliphatic rings. The highest BCUT2D eigenvalue weighted by Crippen LogP contribution is 2.49. The van der Waals surface area contributed by atoms with Crippen LogP contribution in [0.25, 0.3) is 16.9 Å². The van der Waals surface area contributed by atoms with Crippen LogP contribution >= 0.6 is 23.1 Å². The topological polar surface area (TPSA) is 76.5 Å². The number of thiophene rings is 1. The van der Waals surface area contributed by atoms with Gasteiger partial charge >= 0.3 is 0 Å².